The number of aliphatic hydroxyl groups excluding tert-OH is 1. The van der Waals surface area contributed by atoms with E-state index in [0.29, 0.717) is 12.4 Å². The third-order valence-electron chi connectivity index (χ3n) is 4.19. The average Bonchev–Trinajstić information content (AvgIpc) is 2.91. The van der Waals surface area contributed by atoms with Gasteiger partial charge in [-0.3, -0.25) is 4.79 Å². The first kappa shape index (κ1) is 19.5. The van der Waals surface area contributed by atoms with E-state index in [9.17, 15) is 9.90 Å². The van der Waals surface area contributed by atoms with E-state index >= 15 is 0 Å². The van der Waals surface area contributed by atoms with E-state index in [2.05, 4.69) is 5.32 Å². The third-order valence-corrected chi connectivity index (χ3v) is 5.19. The fourth-order valence-corrected chi connectivity index (χ4v) is 3.60. The van der Waals surface area contributed by atoms with Crippen LogP contribution in [0.2, 0.25) is 0 Å². The Morgan fingerprint density at radius 3 is 2.59 bits per heavy atom. The number of carbonyl (C=O) groups excluding carboxylic acids is 1. The maximum Gasteiger partial charge on any atom is 0.281 e. The van der Waals surface area contributed by atoms with Crippen molar-refractivity contribution in [1.82, 2.24) is 5.32 Å². The highest BCUT2D eigenvalue weighted by Crippen LogP contribution is 2.23. The number of hydrogen-bond acceptors (Lipinski definition) is 6. The molecule has 2 aromatic carbocycles. The molecule has 144 valence electrons. The van der Waals surface area contributed by atoms with Gasteiger partial charge in [-0.05, 0) is 41.8 Å². The van der Waals surface area contributed by atoms with E-state index in [1.807, 2.05) is 48.5 Å². The number of carbonyl (C=O) groups is 1. The van der Waals surface area contributed by atoms with Gasteiger partial charge in [-0.15, -0.1) is 0 Å². The SMILES string of the molecule is COc1ccc([C@@H](O)COc2ccc(CC3COCNC(=O)S3)cc2)cc1. The largest absolute Gasteiger partial charge is 0.497 e. The fraction of sp³-hybridized carbons (Fsp3) is 0.350. The molecular formula is C20H23NO5S. The standard InChI is InChI=1S/C20H23NO5S/c1-24-16-8-4-15(5-9-16)19(22)12-26-17-6-2-14(3-7-17)10-18-11-25-13-21-20(23)27-18/h2-9,18-19,22H,10-13H2,1H3,(H,21,23)/t18?,19-/m0/s1. The van der Waals surface area contributed by atoms with Crippen LogP contribution in [0.5, 0.6) is 11.5 Å². The third kappa shape index (κ3) is 5.89. The molecule has 0 bridgehead atoms. The fourth-order valence-electron chi connectivity index (χ4n) is 2.71. The van der Waals surface area contributed by atoms with Gasteiger partial charge in [0.15, 0.2) is 0 Å². The van der Waals surface area contributed by atoms with Gasteiger partial charge in [0.05, 0.1) is 13.7 Å². The highest BCUT2D eigenvalue weighted by molar-refractivity contribution is 8.14. The van der Waals surface area contributed by atoms with E-state index in [4.69, 9.17) is 14.2 Å². The number of ether oxygens (including phenoxy) is 3. The van der Waals surface area contributed by atoms with Crippen molar-refractivity contribution in [2.75, 3.05) is 27.1 Å². The van der Waals surface area contributed by atoms with Crippen LogP contribution in [0.1, 0.15) is 17.2 Å². The molecule has 1 amide bonds. The zero-order chi connectivity index (χ0) is 19.1. The summed E-state index contributed by atoms with van der Waals surface area (Å²) in [6, 6.07) is 14.9. The zero-order valence-corrected chi connectivity index (χ0v) is 15.9. The molecule has 2 aromatic rings. The second kappa shape index (κ2) is 9.64. The first-order valence-electron chi connectivity index (χ1n) is 8.70. The summed E-state index contributed by atoms with van der Waals surface area (Å²) < 4.78 is 16.2. The summed E-state index contributed by atoms with van der Waals surface area (Å²) in [6.45, 7) is 0.972. The molecule has 1 aliphatic heterocycles. The maximum absolute atomic E-state index is 11.6. The smallest absolute Gasteiger partial charge is 0.281 e. The molecule has 0 spiro atoms. The molecule has 1 fully saturated rings. The lowest BCUT2D eigenvalue weighted by molar-refractivity contribution is 0.108. The number of aliphatic hydroxyl groups is 1. The second-order valence-electron chi connectivity index (χ2n) is 6.17. The lowest BCUT2D eigenvalue weighted by atomic mass is 10.1. The molecule has 0 saturated carbocycles. The number of amides is 1. The molecule has 0 radical (unpaired) electrons. The highest BCUT2D eigenvalue weighted by Gasteiger charge is 2.19. The summed E-state index contributed by atoms with van der Waals surface area (Å²) in [5, 5.41) is 13.0. The number of hydrogen-bond donors (Lipinski definition) is 2. The van der Waals surface area contributed by atoms with Crippen LogP contribution < -0.4 is 14.8 Å². The monoisotopic (exact) mass is 389 g/mol. The molecule has 0 aromatic heterocycles. The number of benzene rings is 2. The van der Waals surface area contributed by atoms with E-state index < -0.39 is 6.10 Å². The number of rotatable bonds is 7. The van der Waals surface area contributed by atoms with Gasteiger partial charge in [0.2, 0.25) is 0 Å². The van der Waals surface area contributed by atoms with Gasteiger partial charge in [-0.25, -0.2) is 0 Å². The van der Waals surface area contributed by atoms with Crippen molar-refractivity contribution in [3.05, 3.63) is 59.7 Å². The Bertz CT molecular complexity index is 735. The van der Waals surface area contributed by atoms with Gasteiger partial charge in [-0.1, -0.05) is 36.0 Å². The summed E-state index contributed by atoms with van der Waals surface area (Å²) in [5.74, 6) is 1.44. The molecule has 1 saturated heterocycles. The minimum absolute atomic E-state index is 0.0510. The van der Waals surface area contributed by atoms with Crippen molar-refractivity contribution in [3.8, 4) is 11.5 Å². The molecular weight excluding hydrogens is 366 g/mol. The van der Waals surface area contributed by atoms with Gasteiger partial charge in [-0.2, -0.15) is 0 Å². The van der Waals surface area contributed by atoms with Crippen molar-refractivity contribution >= 4 is 17.0 Å². The van der Waals surface area contributed by atoms with Gasteiger partial charge < -0.3 is 24.6 Å². The normalized spacial score (nSPS) is 18.3. The summed E-state index contributed by atoms with van der Waals surface area (Å²) in [7, 11) is 1.61. The molecule has 6 nitrogen and oxygen atoms in total. The van der Waals surface area contributed by atoms with Crippen LogP contribution in [0.25, 0.3) is 0 Å². The Morgan fingerprint density at radius 1 is 1.19 bits per heavy atom. The summed E-state index contributed by atoms with van der Waals surface area (Å²) in [4.78, 5) is 11.6. The lowest BCUT2D eigenvalue weighted by Gasteiger charge is -2.14. The minimum Gasteiger partial charge on any atom is -0.497 e. The number of methoxy groups -OCH3 is 1. The van der Waals surface area contributed by atoms with Gasteiger partial charge >= 0.3 is 0 Å². The molecule has 1 unspecified atom stereocenters. The molecule has 1 aliphatic rings. The van der Waals surface area contributed by atoms with Crippen molar-refractivity contribution in [2.24, 2.45) is 0 Å². The molecule has 2 N–H and O–H groups in total. The Morgan fingerprint density at radius 2 is 1.89 bits per heavy atom. The Labute approximate surface area is 162 Å². The maximum atomic E-state index is 11.6. The van der Waals surface area contributed by atoms with Crippen LogP contribution in [0.3, 0.4) is 0 Å². The predicted octanol–water partition coefficient (Wildman–Crippen LogP) is 3.15. The van der Waals surface area contributed by atoms with Crippen LogP contribution in [0, 0.1) is 0 Å². The molecule has 0 aliphatic carbocycles. The zero-order valence-electron chi connectivity index (χ0n) is 15.1. The van der Waals surface area contributed by atoms with Crippen molar-refractivity contribution in [2.45, 2.75) is 17.8 Å². The van der Waals surface area contributed by atoms with Crippen molar-refractivity contribution < 1.29 is 24.1 Å². The summed E-state index contributed by atoms with van der Waals surface area (Å²) in [5.41, 5.74) is 1.88. The molecule has 1 heterocycles. The lowest BCUT2D eigenvalue weighted by Crippen LogP contribution is -2.18. The topological polar surface area (TPSA) is 77.0 Å². The quantitative estimate of drug-likeness (QED) is 0.758. The van der Waals surface area contributed by atoms with Crippen LogP contribution in [0.15, 0.2) is 48.5 Å². The summed E-state index contributed by atoms with van der Waals surface area (Å²) in [6.07, 6.45) is 0.0287. The molecule has 7 heteroatoms. The highest BCUT2D eigenvalue weighted by atomic mass is 32.2. The van der Waals surface area contributed by atoms with E-state index in [-0.39, 0.29) is 23.8 Å². The number of nitrogens with one attached hydrogen (secondary N) is 1. The van der Waals surface area contributed by atoms with Crippen LogP contribution in [-0.4, -0.2) is 42.7 Å². The van der Waals surface area contributed by atoms with Crippen molar-refractivity contribution in [3.63, 3.8) is 0 Å². The van der Waals surface area contributed by atoms with E-state index in [1.54, 1.807) is 7.11 Å². The average molecular weight is 389 g/mol. The van der Waals surface area contributed by atoms with Crippen molar-refractivity contribution in [1.29, 1.82) is 0 Å². The Balaban J connectivity index is 1.50. The molecule has 27 heavy (non-hydrogen) atoms. The number of thioether (sulfide) groups is 1. The van der Waals surface area contributed by atoms with Gasteiger partial charge in [0.25, 0.3) is 5.24 Å². The second-order valence-corrected chi connectivity index (χ2v) is 7.44. The van der Waals surface area contributed by atoms with Gasteiger partial charge in [0.1, 0.15) is 30.9 Å². The molecule has 3 rings (SSSR count). The Hall–Kier alpha value is -2.22. The van der Waals surface area contributed by atoms with E-state index in [0.717, 1.165) is 23.3 Å². The van der Waals surface area contributed by atoms with Crippen LogP contribution in [-0.2, 0) is 11.2 Å². The van der Waals surface area contributed by atoms with Crippen LogP contribution in [0.4, 0.5) is 4.79 Å². The first-order valence-corrected chi connectivity index (χ1v) is 9.58. The summed E-state index contributed by atoms with van der Waals surface area (Å²) >= 11 is 1.27. The minimum atomic E-state index is -0.714. The van der Waals surface area contributed by atoms with Crippen LogP contribution >= 0.6 is 11.8 Å². The molecule has 2 atom stereocenters. The predicted molar refractivity (Wildman–Crippen MR) is 104 cm³/mol. The van der Waals surface area contributed by atoms with E-state index in [1.165, 1.54) is 11.8 Å². The Kier molecular flexibility index (Phi) is 6.98. The van der Waals surface area contributed by atoms with Gasteiger partial charge in [0, 0.05) is 5.25 Å². The first-order chi connectivity index (χ1) is 13.1.